The first kappa shape index (κ1) is 20.3. The molecule has 0 saturated carbocycles. The Hall–Kier alpha value is -2.97. The minimum atomic E-state index is -0.487. The fraction of sp³-hybridized carbons (Fsp3) is 0.318. The van der Waals surface area contributed by atoms with Gasteiger partial charge < -0.3 is 21.3 Å². The molecule has 0 aliphatic carbocycles. The number of aromatic nitrogens is 1. The molecule has 0 spiro atoms. The number of anilines is 1. The number of nitrogens with one attached hydrogen (secondary N) is 2. The third kappa shape index (κ3) is 4.01. The summed E-state index contributed by atoms with van der Waals surface area (Å²) in [5.74, 6) is 0.245. The summed E-state index contributed by atoms with van der Waals surface area (Å²) in [5, 5.41) is 7.81. The number of primary amides is 1. The maximum Gasteiger partial charge on any atom is 0.253 e. The second kappa shape index (κ2) is 8.41. The third-order valence-corrected chi connectivity index (χ3v) is 6.50. The average molecular weight is 424 g/mol. The van der Waals surface area contributed by atoms with Crippen LogP contribution in [0.15, 0.2) is 36.5 Å². The molecule has 1 saturated heterocycles. The molecule has 1 fully saturated rings. The summed E-state index contributed by atoms with van der Waals surface area (Å²) in [4.78, 5) is 31.2. The van der Waals surface area contributed by atoms with E-state index in [1.807, 2.05) is 30.3 Å². The molecule has 0 bridgehead atoms. The Morgan fingerprint density at radius 1 is 1.27 bits per heavy atom. The molecule has 2 aromatic heterocycles. The van der Waals surface area contributed by atoms with Gasteiger partial charge in [-0.3, -0.25) is 9.59 Å². The van der Waals surface area contributed by atoms with E-state index >= 15 is 0 Å². The van der Waals surface area contributed by atoms with E-state index in [2.05, 4.69) is 15.6 Å². The van der Waals surface area contributed by atoms with Crippen LogP contribution in [0.3, 0.4) is 0 Å². The van der Waals surface area contributed by atoms with Crippen LogP contribution in [-0.2, 0) is 0 Å². The highest BCUT2D eigenvalue weighted by atomic mass is 32.1. The van der Waals surface area contributed by atoms with Gasteiger partial charge in [0.05, 0.1) is 10.3 Å². The number of thiophene rings is 1. The number of carbonyl (C=O) groups excluding carboxylic acids is 2. The van der Waals surface area contributed by atoms with Crippen LogP contribution in [0.2, 0.25) is 0 Å². The zero-order valence-electron chi connectivity index (χ0n) is 17.1. The number of amides is 2. The minimum absolute atomic E-state index is 0.0364. The summed E-state index contributed by atoms with van der Waals surface area (Å²) >= 11 is 1.51. The Balaban J connectivity index is 1.72. The lowest BCUT2D eigenvalue weighted by Gasteiger charge is -2.24. The molecular weight excluding hydrogens is 398 g/mol. The number of nitrogens with zero attached hydrogens (tertiary/aromatic N) is 2. The highest BCUT2D eigenvalue weighted by Gasteiger charge is 2.19. The lowest BCUT2D eigenvalue weighted by Crippen LogP contribution is -2.38. The lowest BCUT2D eigenvalue weighted by molar-refractivity contribution is 0.0827. The summed E-state index contributed by atoms with van der Waals surface area (Å²) in [6.45, 7) is 1.93. The fourth-order valence-corrected chi connectivity index (χ4v) is 4.84. The number of fused-ring (bicyclic) bond motifs is 1. The molecule has 3 aromatic rings. The van der Waals surface area contributed by atoms with Crippen molar-refractivity contribution in [2.24, 2.45) is 5.73 Å². The Bertz CT molecular complexity index is 1080. The van der Waals surface area contributed by atoms with Crippen LogP contribution in [0.1, 0.15) is 33.6 Å². The fourth-order valence-electron chi connectivity index (χ4n) is 3.66. The van der Waals surface area contributed by atoms with Gasteiger partial charge in [0.1, 0.15) is 5.82 Å². The number of piperidine rings is 1. The number of pyridine rings is 1. The molecule has 4 rings (SSSR count). The van der Waals surface area contributed by atoms with E-state index < -0.39 is 5.91 Å². The Labute approximate surface area is 179 Å². The molecule has 3 heterocycles. The number of carbonyl (C=O) groups is 2. The first-order valence-electron chi connectivity index (χ1n) is 9.95. The summed E-state index contributed by atoms with van der Waals surface area (Å²) in [6.07, 6.45) is 3.75. The predicted octanol–water partition coefficient (Wildman–Crippen LogP) is 2.93. The molecule has 0 unspecified atom stereocenters. The SMILES string of the molecule is CN(C)C(=O)c1ccc(-c2cc3c(N[C@H]4CCCNC4)ncc(C(N)=O)c3s2)cc1. The summed E-state index contributed by atoms with van der Waals surface area (Å²) in [5.41, 5.74) is 7.64. The van der Waals surface area contributed by atoms with E-state index in [1.54, 1.807) is 25.2 Å². The van der Waals surface area contributed by atoms with Gasteiger partial charge in [-0.15, -0.1) is 11.3 Å². The second-order valence-corrected chi connectivity index (χ2v) is 8.75. The Morgan fingerprint density at radius 3 is 2.67 bits per heavy atom. The van der Waals surface area contributed by atoms with E-state index in [9.17, 15) is 9.59 Å². The second-order valence-electron chi connectivity index (χ2n) is 7.70. The first-order valence-corrected chi connectivity index (χ1v) is 10.8. The Morgan fingerprint density at radius 2 is 2.03 bits per heavy atom. The lowest BCUT2D eigenvalue weighted by atomic mass is 10.1. The van der Waals surface area contributed by atoms with Crippen molar-refractivity contribution < 1.29 is 9.59 Å². The van der Waals surface area contributed by atoms with Gasteiger partial charge in [-0.05, 0) is 43.1 Å². The summed E-state index contributed by atoms with van der Waals surface area (Å²) in [7, 11) is 3.47. The van der Waals surface area contributed by atoms with Crippen molar-refractivity contribution in [3.63, 3.8) is 0 Å². The van der Waals surface area contributed by atoms with Crippen molar-refractivity contribution in [3.8, 4) is 10.4 Å². The van der Waals surface area contributed by atoms with E-state index in [-0.39, 0.29) is 5.91 Å². The molecule has 156 valence electrons. The van der Waals surface area contributed by atoms with E-state index in [1.165, 1.54) is 11.3 Å². The topological polar surface area (TPSA) is 100 Å². The van der Waals surface area contributed by atoms with Crippen molar-refractivity contribution in [3.05, 3.63) is 47.7 Å². The summed E-state index contributed by atoms with van der Waals surface area (Å²) in [6, 6.07) is 9.84. The maximum atomic E-state index is 12.1. The number of hydrogen-bond donors (Lipinski definition) is 3. The molecule has 30 heavy (non-hydrogen) atoms. The van der Waals surface area contributed by atoms with Crippen molar-refractivity contribution >= 4 is 39.1 Å². The molecule has 2 amide bonds. The normalized spacial score (nSPS) is 16.4. The van der Waals surface area contributed by atoms with Crippen molar-refractivity contribution in [2.45, 2.75) is 18.9 Å². The molecule has 0 radical (unpaired) electrons. The van der Waals surface area contributed by atoms with Crippen LogP contribution in [0.4, 0.5) is 5.82 Å². The largest absolute Gasteiger partial charge is 0.366 e. The molecular formula is C22H25N5O2S. The number of nitrogens with two attached hydrogens (primary N) is 1. The van der Waals surface area contributed by atoms with Gasteiger partial charge in [0.15, 0.2) is 0 Å². The number of rotatable bonds is 5. The van der Waals surface area contributed by atoms with Gasteiger partial charge in [0, 0.05) is 48.7 Å². The van der Waals surface area contributed by atoms with Gasteiger partial charge in [0.2, 0.25) is 0 Å². The van der Waals surface area contributed by atoms with E-state index in [4.69, 9.17) is 5.73 Å². The van der Waals surface area contributed by atoms with Crippen molar-refractivity contribution in [1.82, 2.24) is 15.2 Å². The average Bonchev–Trinajstić information content (AvgIpc) is 3.20. The molecule has 4 N–H and O–H groups in total. The highest BCUT2D eigenvalue weighted by molar-refractivity contribution is 7.22. The standard InChI is InChI=1S/C22H25N5O2S/c1-27(2)22(29)14-7-5-13(6-8-14)18-10-16-19(30-18)17(20(23)28)12-25-21(16)26-15-4-3-9-24-11-15/h5-8,10,12,15,24H,3-4,9,11H2,1-2H3,(H2,23,28)(H,25,26)/t15-/m0/s1. The van der Waals surface area contributed by atoms with Gasteiger partial charge in [-0.2, -0.15) is 0 Å². The van der Waals surface area contributed by atoms with Crippen LogP contribution in [0, 0.1) is 0 Å². The third-order valence-electron chi connectivity index (χ3n) is 5.28. The first-order chi connectivity index (χ1) is 14.4. The van der Waals surface area contributed by atoms with E-state index in [0.717, 1.165) is 52.3 Å². The van der Waals surface area contributed by atoms with Crippen LogP contribution in [0.5, 0.6) is 0 Å². The van der Waals surface area contributed by atoms with Gasteiger partial charge >= 0.3 is 0 Å². The van der Waals surface area contributed by atoms with Crippen LogP contribution >= 0.6 is 11.3 Å². The zero-order valence-corrected chi connectivity index (χ0v) is 17.9. The van der Waals surface area contributed by atoms with Crippen LogP contribution < -0.4 is 16.4 Å². The van der Waals surface area contributed by atoms with Crippen LogP contribution in [0.25, 0.3) is 20.5 Å². The smallest absolute Gasteiger partial charge is 0.253 e. The monoisotopic (exact) mass is 423 g/mol. The molecule has 1 aliphatic heterocycles. The van der Waals surface area contributed by atoms with E-state index in [0.29, 0.717) is 17.2 Å². The molecule has 7 nitrogen and oxygen atoms in total. The van der Waals surface area contributed by atoms with Gasteiger partial charge in [-0.25, -0.2) is 4.98 Å². The van der Waals surface area contributed by atoms with Crippen molar-refractivity contribution in [2.75, 3.05) is 32.5 Å². The predicted molar refractivity (Wildman–Crippen MR) is 121 cm³/mol. The molecule has 1 aromatic carbocycles. The minimum Gasteiger partial charge on any atom is -0.366 e. The molecule has 1 aliphatic rings. The number of benzene rings is 1. The van der Waals surface area contributed by atoms with Gasteiger partial charge in [0.25, 0.3) is 11.8 Å². The Kier molecular flexibility index (Phi) is 5.69. The molecule has 8 heteroatoms. The quantitative estimate of drug-likeness (QED) is 0.586. The maximum absolute atomic E-state index is 12.1. The zero-order chi connectivity index (χ0) is 21.3. The highest BCUT2D eigenvalue weighted by Crippen LogP contribution is 2.38. The summed E-state index contributed by atoms with van der Waals surface area (Å²) < 4.78 is 0.826. The van der Waals surface area contributed by atoms with Gasteiger partial charge in [-0.1, -0.05) is 12.1 Å². The van der Waals surface area contributed by atoms with Crippen molar-refractivity contribution in [1.29, 1.82) is 0 Å². The van der Waals surface area contributed by atoms with Crippen LogP contribution in [-0.4, -0.2) is 54.9 Å². The number of hydrogen-bond acceptors (Lipinski definition) is 6. The molecule has 1 atom stereocenters.